The fraction of sp³-hybridized carbons (Fsp3) is 0.389. The second-order valence-electron chi connectivity index (χ2n) is 6.29. The first kappa shape index (κ1) is 17.2. The highest BCUT2D eigenvalue weighted by Crippen LogP contribution is 2.44. The Bertz CT molecular complexity index is 895. The number of methoxy groups -OCH3 is 3. The van der Waals surface area contributed by atoms with Gasteiger partial charge in [0.2, 0.25) is 17.4 Å². The number of benzene rings is 1. The van der Waals surface area contributed by atoms with E-state index in [2.05, 4.69) is 20.9 Å². The van der Waals surface area contributed by atoms with Crippen molar-refractivity contribution in [3.8, 4) is 17.2 Å². The van der Waals surface area contributed by atoms with Gasteiger partial charge in [0.1, 0.15) is 0 Å². The van der Waals surface area contributed by atoms with Crippen molar-refractivity contribution in [1.82, 2.24) is 10.3 Å². The average molecular weight is 372 g/mol. The Hall–Kier alpha value is -3.23. The minimum Gasteiger partial charge on any atom is -0.493 e. The molecule has 0 bridgehead atoms. The van der Waals surface area contributed by atoms with Gasteiger partial charge in [0.15, 0.2) is 17.3 Å². The van der Waals surface area contributed by atoms with E-state index in [1.54, 1.807) is 21.3 Å². The number of anilines is 2. The summed E-state index contributed by atoms with van der Waals surface area (Å²) in [4.78, 5) is 12.8. The zero-order chi connectivity index (χ0) is 19.0. The van der Waals surface area contributed by atoms with E-state index < -0.39 is 6.04 Å². The summed E-state index contributed by atoms with van der Waals surface area (Å²) < 4.78 is 21.2. The lowest BCUT2D eigenvalue weighted by molar-refractivity contribution is -0.116. The highest BCUT2D eigenvalue weighted by Gasteiger charge is 2.34. The molecule has 1 atom stereocenters. The van der Waals surface area contributed by atoms with Crippen LogP contribution in [0.5, 0.6) is 17.2 Å². The van der Waals surface area contributed by atoms with Crippen molar-refractivity contribution in [3.05, 3.63) is 29.0 Å². The lowest BCUT2D eigenvalue weighted by atomic mass is 9.86. The van der Waals surface area contributed by atoms with E-state index in [4.69, 9.17) is 18.8 Å². The molecule has 9 nitrogen and oxygen atoms in total. The van der Waals surface area contributed by atoms with Crippen LogP contribution in [-0.4, -0.2) is 37.4 Å². The molecule has 0 saturated heterocycles. The van der Waals surface area contributed by atoms with Crippen LogP contribution in [0.3, 0.4) is 0 Å². The van der Waals surface area contributed by atoms with Gasteiger partial charge in [0, 0.05) is 17.7 Å². The van der Waals surface area contributed by atoms with Crippen molar-refractivity contribution in [2.45, 2.75) is 25.3 Å². The van der Waals surface area contributed by atoms with Gasteiger partial charge in [-0.15, -0.1) is 0 Å². The second kappa shape index (κ2) is 6.82. The third kappa shape index (κ3) is 2.84. The number of ether oxygens (including phenoxy) is 3. The molecule has 9 heteroatoms. The standard InChI is InChI=1S/C18H20N4O5/c1-24-12-7-9(8-13(25-2)16(12)26-3)15-14-10(5-4-6-11(14)23)19-17-18(20-15)22-27-21-17/h7-8,15H,4-6H2,1-3H3,(H,19,21)(H,20,22)/t15-/m1/s1. The highest BCUT2D eigenvalue weighted by atomic mass is 16.6. The molecule has 0 fully saturated rings. The predicted octanol–water partition coefficient (Wildman–Crippen LogP) is 2.68. The Kier molecular flexibility index (Phi) is 4.35. The van der Waals surface area contributed by atoms with Crippen LogP contribution in [0, 0.1) is 0 Å². The van der Waals surface area contributed by atoms with E-state index in [1.165, 1.54) is 0 Å². The maximum absolute atomic E-state index is 12.8. The van der Waals surface area contributed by atoms with Gasteiger partial charge < -0.3 is 24.8 Å². The Labute approximate surface area is 155 Å². The number of nitrogens with one attached hydrogen (secondary N) is 2. The summed E-state index contributed by atoms with van der Waals surface area (Å²) in [5.74, 6) is 2.49. The molecular formula is C18H20N4O5. The average Bonchev–Trinajstić information content (AvgIpc) is 3.05. The molecule has 1 aliphatic carbocycles. The number of hydrogen-bond donors (Lipinski definition) is 2. The molecule has 0 spiro atoms. The molecule has 0 amide bonds. The molecular weight excluding hydrogens is 352 g/mol. The highest BCUT2D eigenvalue weighted by molar-refractivity contribution is 6.00. The molecule has 142 valence electrons. The number of carbonyl (C=O) groups excluding carboxylic acids is 1. The summed E-state index contributed by atoms with van der Waals surface area (Å²) in [6.45, 7) is 0. The lowest BCUT2D eigenvalue weighted by Gasteiger charge is -2.26. The summed E-state index contributed by atoms with van der Waals surface area (Å²) in [5.41, 5.74) is 2.27. The van der Waals surface area contributed by atoms with Crippen LogP contribution in [0.4, 0.5) is 11.6 Å². The summed E-state index contributed by atoms with van der Waals surface area (Å²) in [7, 11) is 4.66. The molecule has 0 radical (unpaired) electrons. The van der Waals surface area contributed by atoms with Gasteiger partial charge in [0.05, 0.1) is 27.4 Å². The third-order valence-electron chi connectivity index (χ3n) is 4.80. The molecule has 1 aliphatic heterocycles. The van der Waals surface area contributed by atoms with E-state index in [0.29, 0.717) is 40.9 Å². The molecule has 2 N–H and O–H groups in total. The third-order valence-corrected chi connectivity index (χ3v) is 4.80. The van der Waals surface area contributed by atoms with Crippen LogP contribution < -0.4 is 24.8 Å². The number of carbonyl (C=O) groups is 1. The van der Waals surface area contributed by atoms with Crippen LogP contribution >= 0.6 is 0 Å². The van der Waals surface area contributed by atoms with E-state index >= 15 is 0 Å². The molecule has 2 aromatic rings. The zero-order valence-electron chi connectivity index (χ0n) is 15.3. The van der Waals surface area contributed by atoms with Crippen molar-refractivity contribution in [1.29, 1.82) is 0 Å². The number of allylic oxidation sites excluding steroid dienone is 1. The summed E-state index contributed by atoms with van der Waals surface area (Å²) in [6.07, 6.45) is 2.03. The first-order valence-electron chi connectivity index (χ1n) is 8.58. The van der Waals surface area contributed by atoms with Crippen molar-refractivity contribution >= 4 is 17.4 Å². The number of nitrogens with zero attached hydrogens (tertiary/aromatic N) is 2. The number of rotatable bonds is 4. The molecule has 2 aliphatic rings. The van der Waals surface area contributed by atoms with Gasteiger partial charge >= 0.3 is 0 Å². The summed E-state index contributed by atoms with van der Waals surface area (Å²) >= 11 is 0. The molecule has 0 saturated carbocycles. The molecule has 0 unspecified atom stereocenters. The quantitative estimate of drug-likeness (QED) is 0.837. The van der Waals surface area contributed by atoms with Crippen LogP contribution in [0.15, 0.2) is 28.0 Å². The fourth-order valence-electron chi connectivity index (χ4n) is 3.56. The molecule has 27 heavy (non-hydrogen) atoms. The predicted molar refractivity (Wildman–Crippen MR) is 96.3 cm³/mol. The molecule has 1 aromatic carbocycles. The monoisotopic (exact) mass is 372 g/mol. The van der Waals surface area contributed by atoms with Gasteiger partial charge in [-0.05, 0) is 40.9 Å². The Morgan fingerprint density at radius 2 is 1.74 bits per heavy atom. The molecule has 4 rings (SSSR count). The number of hydrogen-bond acceptors (Lipinski definition) is 9. The van der Waals surface area contributed by atoms with E-state index in [-0.39, 0.29) is 5.78 Å². The van der Waals surface area contributed by atoms with Crippen LogP contribution in [0.2, 0.25) is 0 Å². The minimum absolute atomic E-state index is 0.0806. The number of fused-ring (bicyclic) bond motifs is 1. The Balaban J connectivity index is 1.89. The van der Waals surface area contributed by atoms with Gasteiger partial charge in [-0.1, -0.05) is 0 Å². The number of Topliss-reactive ketones (excluding diaryl/α,β-unsaturated/α-hetero) is 1. The largest absolute Gasteiger partial charge is 0.493 e. The minimum atomic E-state index is -0.456. The summed E-state index contributed by atoms with van der Waals surface area (Å²) in [6, 6.07) is 3.19. The maximum Gasteiger partial charge on any atom is 0.219 e. The van der Waals surface area contributed by atoms with Gasteiger partial charge in [-0.25, -0.2) is 4.63 Å². The topological polar surface area (TPSA) is 108 Å². The van der Waals surface area contributed by atoms with Crippen LogP contribution in [-0.2, 0) is 4.79 Å². The number of aromatic nitrogens is 2. The Morgan fingerprint density at radius 1 is 1.04 bits per heavy atom. The first-order valence-corrected chi connectivity index (χ1v) is 8.58. The zero-order valence-corrected chi connectivity index (χ0v) is 15.3. The van der Waals surface area contributed by atoms with Gasteiger partial charge in [-0.3, -0.25) is 4.79 Å². The van der Waals surface area contributed by atoms with E-state index in [0.717, 1.165) is 24.1 Å². The van der Waals surface area contributed by atoms with Crippen molar-refractivity contribution in [3.63, 3.8) is 0 Å². The first-order chi connectivity index (χ1) is 13.2. The SMILES string of the molecule is COc1cc([C@H]2Nc3nonc3NC3=C2C(=O)CCC3)cc(OC)c1OC. The number of ketones is 1. The second-order valence-corrected chi connectivity index (χ2v) is 6.29. The Morgan fingerprint density at radius 3 is 2.41 bits per heavy atom. The van der Waals surface area contributed by atoms with Crippen LogP contribution in [0.25, 0.3) is 0 Å². The van der Waals surface area contributed by atoms with Gasteiger partial charge in [0.25, 0.3) is 0 Å². The van der Waals surface area contributed by atoms with Gasteiger partial charge in [-0.2, -0.15) is 0 Å². The van der Waals surface area contributed by atoms with E-state index in [9.17, 15) is 4.79 Å². The fourth-order valence-corrected chi connectivity index (χ4v) is 3.56. The van der Waals surface area contributed by atoms with Crippen molar-refractivity contribution in [2.24, 2.45) is 0 Å². The normalized spacial score (nSPS) is 18.6. The van der Waals surface area contributed by atoms with E-state index in [1.807, 2.05) is 12.1 Å². The molecule has 2 heterocycles. The summed E-state index contributed by atoms with van der Waals surface area (Å²) in [5, 5.41) is 14.2. The smallest absolute Gasteiger partial charge is 0.219 e. The van der Waals surface area contributed by atoms with Crippen molar-refractivity contribution in [2.75, 3.05) is 32.0 Å². The van der Waals surface area contributed by atoms with Crippen molar-refractivity contribution < 1.29 is 23.6 Å². The van der Waals surface area contributed by atoms with Crippen LogP contribution in [0.1, 0.15) is 30.9 Å². The lowest BCUT2D eigenvalue weighted by Crippen LogP contribution is -2.24. The molecule has 1 aromatic heterocycles. The maximum atomic E-state index is 12.8.